The highest BCUT2D eigenvalue weighted by atomic mass is 19.3. The van der Waals surface area contributed by atoms with E-state index in [0.29, 0.717) is 6.42 Å². The lowest BCUT2D eigenvalue weighted by Crippen LogP contribution is -2.32. The van der Waals surface area contributed by atoms with Crippen LogP contribution in [-0.4, -0.2) is 18.4 Å². The van der Waals surface area contributed by atoms with Gasteiger partial charge >= 0.3 is 5.92 Å². The van der Waals surface area contributed by atoms with Crippen LogP contribution in [0.25, 0.3) is 0 Å². The van der Waals surface area contributed by atoms with Crippen molar-refractivity contribution >= 4 is 5.91 Å². The predicted octanol–water partition coefficient (Wildman–Crippen LogP) is 0.778. The van der Waals surface area contributed by atoms with Crippen LogP contribution in [0.2, 0.25) is 0 Å². The number of hydrogen-bond donors (Lipinski definition) is 1. The number of rotatable bonds is 1. The van der Waals surface area contributed by atoms with Crippen LogP contribution in [0.15, 0.2) is 0 Å². The molecule has 0 aromatic rings. The maximum absolute atomic E-state index is 12.6. The first-order valence-corrected chi connectivity index (χ1v) is 3.25. The monoisotopic (exact) mass is 149 g/mol. The van der Waals surface area contributed by atoms with Gasteiger partial charge in [0, 0.05) is 12.5 Å². The van der Waals surface area contributed by atoms with Gasteiger partial charge in [0.05, 0.1) is 0 Å². The summed E-state index contributed by atoms with van der Waals surface area (Å²) in [7, 11) is 0. The first kappa shape index (κ1) is 7.44. The van der Waals surface area contributed by atoms with Crippen molar-refractivity contribution in [1.82, 2.24) is 5.32 Å². The Morgan fingerprint density at radius 3 is 2.60 bits per heavy atom. The fraction of sp³-hybridized carbons (Fsp3) is 0.833. The molecule has 0 aliphatic carbocycles. The SMILES string of the molecule is CC[C@H]1CNC(=O)C1(F)F. The summed E-state index contributed by atoms with van der Waals surface area (Å²) in [6.07, 6.45) is 0.339. The number of nitrogens with one attached hydrogen (secondary N) is 1. The molecule has 4 heteroatoms. The summed E-state index contributed by atoms with van der Waals surface area (Å²) in [6, 6.07) is 0. The van der Waals surface area contributed by atoms with Gasteiger partial charge in [0.15, 0.2) is 0 Å². The van der Waals surface area contributed by atoms with Crippen molar-refractivity contribution in [2.75, 3.05) is 6.54 Å². The highest BCUT2D eigenvalue weighted by Gasteiger charge is 2.50. The van der Waals surface area contributed by atoms with Crippen molar-refractivity contribution in [2.45, 2.75) is 19.3 Å². The van der Waals surface area contributed by atoms with Crippen molar-refractivity contribution in [3.63, 3.8) is 0 Å². The first-order chi connectivity index (χ1) is 4.59. The van der Waals surface area contributed by atoms with Gasteiger partial charge in [-0.25, -0.2) is 0 Å². The number of amides is 1. The molecule has 1 aliphatic rings. The summed E-state index contributed by atoms with van der Waals surface area (Å²) < 4.78 is 25.2. The van der Waals surface area contributed by atoms with Gasteiger partial charge in [-0.3, -0.25) is 4.79 Å². The van der Waals surface area contributed by atoms with E-state index in [1.54, 1.807) is 6.92 Å². The molecule has 0 spiro atoms. The molecule has 0 unspecified atom stereocenters. The molecule has 0 aromatic carbocycles. The normalized spacial score (nSPS) is 30.3. The smallest absolute Gasteiger partial charge is 0.328 e. The minimum atomic E-state index is -3.13. The third kappa shape index (κ3) is 0.874. The maximum atomic E-state index is 12.6. The van der Waals surface area contributed by atoms with Gasteiger partial charge in [-0.15, -0.1) is 0 Å². The van der Waals surface area contributed by atoms with E-state index in [4.69, 9.17) is 0 Å². The van der Waals surface area contributed by atoms with Gasteiger partial charge in [-0.2, -0.15) is 8.78 Å². The Balaban J connectivity index is 2.73. The average molecular weight is 149 g/mol. The Kier molecular flexibility index (Phi) is 1.62. The zero-order chi connectivity index (χ0) is 7.78. The van der Waals surface area contributed by atoms with Crippen LogP contribution < -0.4 is 5.32 Å². The Morgan fingerprint density at radius 2 is 2.40 bits per heavy atom. The van der Waals surface area contributed by atoms with Crippen LogP contribution in [0.4, 0.5) is 8.78 Å². The molecule has 1 heterocycles. The van der Waals surface area contributed by atoms with Gasteiger partial charge < -0.3 is 5.32 Å². The summed E-state index contributed by atoms with van der Waals surface area (Å²) in [5.74, 6) is -5.06. The number of halogens is 2. The van der Waals surface area contributed by atoms with Crippen molar-refractivity contribution < 1.29 is 13.6 Å². The fourth-order valence-electron chi connectivity index (χ4n) is 1.05. The van der Waals surface area contributed by atoms with Crippen LogP contribution in [0, 0.1) is 5.92 Å². The Hall–Kier alpha value is -0.670. The van der Waals surface area contributed by atoms with Crippen LogP contribution >= 0.6 is 0 Å². The van der Waals surface area contributed by atoms with Crippen LogP contribution in [0.1, 0.15) is 13.3 Å². The Morgan fingerprint density at radius 1 is 1.80 bits per heavy atom. The minimum Gasteiger partial charge on any atom is -0.350 e. The molecular weight excluding hydrogens is 140 g/mol. The molecule has 1 N–H and O–H groups in total. The summed E-state index contributed by atoms with van der Waals surface area (Å²) in [5.41, 5.74) is 0. The number of alkyl halides is 2. The average Bonchev–Trinajstić information content (AvgIpc) is 2.10. The molecule has 2 nitrogen and oxygen atoms in total. The molecule has 0 bridgehead atoms. The van der Waals surface area contributed by atoms with Crippen molar-refractivity contribution in [2.24, 2.45) is 5.92 Å². The predicted molar refractivity (Wildman–Crippen MR) is 31.7 cm³/mol. The van der Waals surface area contributed by atoms with Gasteiger partial charge in [-0.1, -0.05) is 6.92 Å². The lowest BCUT2D eigenvalue weighted by molar-refractivity contribution is -0.144. The second kappa shape index (κ2) is 2.18. The van der Waals surface area contributed by atoms with E-state index in [-0.39, 0.29) is 6.54 Å². The largest absolute Gasteiger partial charge is 0.350 e. The van der Waals surface area contributed by atoms with E-state index in [1.165, 1.54) is 0 Å². The van der Waals surface area contributed by atoms with Gasteiger partial charge in [0.1, 0.15) is 0 Å². The molecule has 1 aliphatic heterocycles. The Labute approximate surface area is 57.6 Å². The molecule has 10 heavy (non-hydrogen) atoms. The number of carbonyl (C=O) groups is 1. The first-order valence-electron chi connectivity index (χ1n) is 3.25. The summed E-state index contributed by atoms with van der Waals surface area (Å²) >= 11 is 0. The number of hydrogen-bond acceptors (Lipinski definition) is 1. The summed E-state index contributed by atoms with van der Waals surface area (Å²) in [6.45, 7) is 1.77. The van der Waals surface area contributed by atoms with E-state index in [2.05, 4.69) is 5.32 Å². The van der Waals surface area contributed by atoms with Gasteiger partial charge in [-0.05, 0) is 6.42 Å². The number of carbonyl (C=O) groups excluding carboxylic acids is 1. The molecule has 1 atom stereocenters. The third-order valence-electron chi connectivity index (χ3n) is 1.82. The second-order valence-corrected chi connectivity index (χ2v) is 2.44. The van der Waals surface area contributed by atoms with E-state index in [1.807, 2.05) is 0 Å². The molecule has 1 amide bonds. The second-order valence-electron chi connectivity index (χ2n) is 2.44. The molecule has 1 saturated heterocycles. The minimum absolute atomic E-state index is 0.113. The van der Waals surface area contributed by atoms with E-state index in [0.717, 1.165) is 0 Å². The van der Waals surface area contributed by atoms with Gasteiger partial charge in [0.2, 0.25) is 0 Å². The zero-order valence-corrected chi connectivity index (χ0v) is 5.66. The molecule has 58 valence electrons. The highest BCUT2D eigenvalue weighted by Crippen LogP contribution is 2.30. The molecule has 1 rings (SSSR count). The summed E-state index contributed by atoms with van der Waals surface area (Å²) in [5, 5.41) is 2.12. The van der Waals surface area contributed by atoms with E-state index < -0.39 is 17.7 Å². The van der Waals surface area contributed by atoms with Crippen molar-refractivity contribution in [3.8, 4) is 0 Å². The molecule has 0 radical (unpaired) electrons. The third-order valence-corrected chi connectivity index (χ3v) is 1.82. The highest BCUT2D eigenvalue weighted by molar-refractivity contribution is 5.85. The molecule has 0 saturated carbocycles. The lowest BCUT2D eigenvalue weighted by atomic mass is 10.0. The topological polar surface area (TPSA) is 29.1 Å². The van der Waals surface area contributed by atoms with Crippen molar-refractivity contribution in [3.05, 3.63) is 0 Å². The quantitative estimate of drug-likeness (QED) is 0.586. The Bertz CT molecular complexity index is 158. The molecular formula is C6H9F2NO. The zero-order valence-electron chi connectivity index (χ0n) is 5.66. The van der Waals surface area contributed by atoms with E-state index >= 15 is 0 Å². The van der Waals surface area contributed by atoms with Crippen LogP contribution in [0.3, 0.4) is 0 Å². The fourth-order valence-corrected chi connectivity index (χ4v) is 1.05. The van der Waals surface area contributed by atoms with Crippen LogP contribution in [0.5, 0.6) is 0 Å². The maximum Gasteiger partial charge on any atom is 0.328 e. The summed E-state index contributed by atoms with van der Waals surface area (Å²) in [4.78, 5) is 10.4. The van der Waals surface area contributed by atoms with E-state index in [9.17, 15) is 13.6 Å². The van der Waals surface area contributed by atoms with Crippen LogP contribution in [-0.2, 0) is 4.79 Å². The van der Waals surface area contributed by atoms with Gasteiger partial charge in [0.25, 0.3) is 5.91 Å². The van der Waals surface area contributed by atoms with Crippen molar-refractivity contribution in [1.29, 1.82) is 0 Å². The lowest BCUT2D eigenvalue weighted by Gasteiger charge is -2.12. The standard InChI is InChI=1S/C6H9F2NO/c1-2-4-3-9-5(10)6(4,7)8/h4H,2-3H2,1H3,(H,9,10)/t4-/m0/s1. The molecule has 0 aromatic heterocycles. The molecule has 1 fully saturated rings.